The first-order valence-electron chi connectivity index (χ1n) is 10.4. The zero-order chi connectivity index (χ0) is 22.9. The van der Waals surface area contributed by atoms with Crippen LogP contribution in [0.5, 0.6) is 11.5 Å². The largest absolute Gasteiger partial charge is 0.455 e. The number of benzene rings is 3. The third kappa shape index (κ3) is 6.63. The molecule has 0 bridgehead atoms. The molecule has 4 rings (SSSR count). The van der Waals surface area contributed by atoms with Crippen molar-refractivity contribution in [3.63, 3.8) is 0 Å². The van der Waals surface area contributed by atoms with Gasteiger partial charge in [-0.2, -0.15) is 0 Å². The van der Waals surface area contributed by atoms with Crippen molar-refractivity contribution in [2.75, 3.05) is 24.2 Å². The van der Waals surface area contributed by atoms with E-state index >= 15 is 0 Å². The number of carbonyl (C=O) groups excluding carboxylic acids is 2. The van der Waals surface area contributed by atoms with Crippen LogP contribution < -0.4 is 10.1 Å². The molecule has 168 valence electrons. The van der Waals surface area contributed by atoms with E-state index < -0.39 is 18.5 Å². The quantitative estimate of drug-likeness (QED) is 0.424. The van der Waals surface area contributed by atoms with Gasteiger partial charge in [0.2, 0.25) is 0 Å². The fourth-order valence-electron chi connectivity index (χ4n) is 3.06. The molecule has 33 heavy (non-hydrogen) atoms. The van der Waals surface area contributed by atoms with E-state index in [0.717, 1.165) is 22.2 Å². The lowest BCUT2D eigenvalue weighted by molar-refractivity contribution is -0.119. The number of ether oxygens (including phenoxy) is 2. The normalized spacial score (nSPS) is 12.7. The minimum Gasteiger partial charge on any atom is -0.455 e. The summed E-state index contributed by atoms with van der Waals surface area (Å²) in [5, 5.41) is 2.75. The van der Waals surface area contributed by atoms with Gasteiger partial charge in [-0.1, -0.05) is 72.1 Å². The van der Waals surface area contributed by atoms with Gasteiger partial charge in [-0.05, 0) is 35.9 Å². The van der Waals surface area contributed by atoms with Gasteiger partial charge >= 0.3 is 5.97 Å². The Morgan fingerprint density at radius 1 is 0.970 bits per heavy atom. The van der Waals surface area contributed by atoms with Crippen LogP contribution in [0.2, 0.25) is 0 Å². The lowest BCUT2D eigenvalue weighted by atomic mass is 10.1. The van der Waals surface area contributed by atoms with Crippen LogP contribution >= 0.6 is 23.5 Å². The van der Waals surface area contributed by atoms with Crippen LogP contribution in [0.25, 0.3) is 0 Å². The van der Waals surface area contributed by atoms with Gasteiger partial charge in [-0.25, -0.2) is 4.79 Å². The molecule has 0 unspecified atom stereocenters. The van der Waals surface area contributed by atoms with Crippen LogP contribution in [0.1, 0.15) is 15.9 Å². The Kier molecular flexibility index (Phi) is 8.05. The minimum absolute atomic E-state index is 0.400. The second-order valence-electron chi connectivity index (χ2n) is 6.98. The van der Waals surface area contributed by atoms with Gasteiger partial charge in [0.1, 0.15) is 10.1 Å². The van der Waals surface area contributed by atoms with Gasteiger partial charge < -0.3 is 14.8 Å². The molecule has 0 aliphatic carbocycles. The summed E-state index contributed by atoms with van der Waals surface area (Å²) in [4.78, 5) is 29.5. The third-order valence-electron chi connectivity index (χ3n) is 4.61. The number of esters is 1. The van der Waals surface area contributed by atoms with Crippen LogP contribution in [-0.2, 0) is 15.3 Å². The molecule has 1 aliphatic heterocycles. The van der Waals surface area contributed by atoms with Crippen molar-refractivity contribution >= 4 is 45.5 Å². The smallest absolute Gasteiger partial charge is 0.338 e. The van der Waals surface area contributed by atoms with Crippen molar-refractivity contribution < 1.29 is 19.1 Å². The van der Waals surface area contributed by atoms with E-state index in [2.05, 4.69) is 10.3 Å². The number of hydrogen-bond acceptors (Lipinski definition) is 7. The number of nitrogens with zero attached hydrogens (tertiary/aromatic N) is 1. The number of para-hydroxylation sites is 3. The summed E-state index contributed by atoms with van der Waals surface area (Å²) in [7, 11) is 0. The van der Waals surface area contributed by atoms with E-state index in [9.17, 15) is 9.59 Å². The maximum absolute atomic E-state index is 12.7. The van der Waals surface area contributed by atoms with E-state index in [0.29, 0.717) is 28.5 Å². The Morgan fingerprint density at radius 3 is 2.55 bits per heavy atom. The van der Waals surface area contributed by atoms with Gasteiger partial charge in [0.15, 0.2) is 12.4 Å². The van der Waals surface area contributed by atoms with Gasteiger partial charge in [0, 0.05) is 11.5 Å². The monoisotopic (exact) mass is 478 g/mol. The van der Waals surface area contributed by atoms with E-state index in [1.165, 1.54) is 0 Å². The first kappa shape index (κ1) is 22.9. The van der Waals surface area contributed by atoms with Crippen LogP contribution in [0.15, 0.2) is 83.9 Å². The predicted molar refractivity (Wildman–Crippen MR) is 134 cm³/mol. The molecular formula is C25H22N2O4S2. The van der Waals surface area contributed by atoms with Gasteiger partial charge in [-0.15, -0.1) is 0 Å². The second kappa shape index (κ2) is 11.6. The zero-order valence-electron chi connectivity index (χ0n) is 17.7. The molecule has 0 saturated carbocycles. The Bertz CT molecular complexity index is 1150. The number of nitrogens with one attached hydrogen (secondary N) is 1. The highest BCUT2D eigenvalue weighted by molar-refractivity contribution is 8.38. The molecule has 0 spiro atoms. The fourth-order valence-corrected chi connectivity index (χ4v) is 5.07. The Labute approximate surface area is 200 Å². The number of aliphatic imine (C=N–C) groups is 1. The molecule has 1 N–H and O–H groups in total. The molecule has 0 atom stereocenters. The van der Waals surface area contributed by atoms with Gasteiger partial charge in [0.25, 0.3) is 5.91 Å². The summed E-state index contributed by atoms with van der Waals surface area (Å²) >= 11 is 3.34. The topological polar surface area (TPSA) is 77.0 Å². The number of amides is 1. The number of rotatable bonds is 8. The SMILES string of the molecule is O=C(COC(=O)c1ccccc1CSC1=NCCS1)Nc1ccccc1Oc1ccccc1. The molecule has 6 nitrogen and oxygen atoms in total. The van der Waals surface area contributed by atoms with Crippen molar-refractivity contribution in [1.82, 2.24) is 0 Å². The molecule has 3 aromatic rings. The summed E-state index contributed by atoms with van der Waals surface area (Å²) in [6, 6.07) is 23.7. The van der Waals surface area contributed by atoms with Crippen molar-refractivity contribution in [1.29, 1.82) is 0 Å². The Hall–Kier alpha value is -3.23. The van der Waals surface area contributed by atoms with Crippen molar-refractivity contribution in [2.24, 2.45) is 4.99 Å². The number of carbonyl (C=O) groups is 2. The predicted octanol–water partition coefficient (Wildman–Crippen LogP) is 5.61. The minimum atomic E-state index is -0.531. The van der Waals surface area contributed by atoms with E-state index in [1.54, 1.807) is 53.9 Å². The first-order chi connectivity index (χ1) is 16.2. The fraction of sp³-hybridized carbons (Fsp3) is 0.160. The van der Waals surface area contributed by atoms with E-state index in [4.69, 9.17) is 9.47 Å². The Morgan fingerprint density at radius 2 is 1.73 bits per heavy atom. The molecule has 0 fully saturated rings. The lowest BCUT2D eigenvalue weighted by Crippen LogP contribution is -2.21. The lowest BCUT2D eigenvalue weighted by Gasteiger charge is -2.13. The second-order valence-corrected chi connectivity index (χ2v) is 9.28. The summed E-state index contributed by atoms with van der Waals surface area (Å²) in [5.41, 5.74) is 1.80. The maximum Gasteiger partial charge on any atom is 0.338 e. The van der Waals surface area contributed by atoms with Crippen molar-refractivity contribution in [2.45, 2.75) is 5.75 Å². The van der Waals surface area contributed by atoms with Crippen LogP contribution in [-0.4, -0.2) is 35.2 Å². The summed E-state index contributed by atoms with van der Waals surface area (Å²) < 4.78 is 12.2. The van der Waals surface area contributed by atoms with Gasteiger partial charge in [-0.3, -0.25) is 9.79 Å². The summed E-state index contributed by atoms with van der Waals surface area (Å²) in [5.74, 6) is 1.79. The number of anilines is 1. The highest BCUT2D eigenvalue weighted by Gasteiger charge is 2.17. The first-order valence-corrected chi connectivity index (χ1v) is 12.3. The maximum atomic E-state index is 12.7. The number of thioether (sulfide) groups is 2. The molecule has 1 aliphatic rings. The molecule has 0 saturated heterocycles. The standard InChI is InChI=1S/C25H22N2O4S2/c28-23(27-21-12-6-7-13-22(21)31-19-9-2-1-3-10-19)16-30-24(29)20-11-5-4-8-18(20)17-33-25-26-14-15-32-25/h1-13H,14-17H2,(H,27,28). The van der Waals surface area contributed by atoms with Crippen molar-refractivity contribution in [3.8, 4) is 11.5 Å². The van der Waals surface area contributed by atoms with E-state index in [-0.39, 0.29) is 0 Å². The number of hydrogen-bond donors (Lipinski definition) is 1. The molecule has 0 aromatic heterocycles. The Balaban J connectivity index is 1.34. The molecule has 0 radical (unpaired) electrons. The van der Waals surface area contributed by atoms with Crippen LogP contribution in [0, 0.1) is 0 Å². The molecule has 1 heterocycles. The van der Waals surface area contributed by atoms with Crippen molar-refractivity contribution in [3.05, 3.63) is 90.0 Å². The molecule has 8 heteroatoms. The zero-order valence-corrected chi connectivity index (χ0v) is 19.4. The van der Waals surface area contributed by atoms with E-state index in [1.807, 2.05) is 48.5 Å². The average molecular weight is 479 g/mol. The molecule has 1 amide bonds. The highest BCUT2D eigenvalue weighted by atomic mass is 32.2. The van der Waals surface area contributed by atoms with Gasteiger partial charge in [0.05, 0.1) is 17.8 Å². The third-order valence-corrected chi connectivity index (χ3v) is 6.91. The summed E-state index contributed by atoms with van der Waals surface area (Å²) in [6.45, 7) is 0.438. The summed E-state index contributed by atoms with van der Waals surface area (Å²) in [6.07, 6.45) is 0. The highest BCUT2D eigenvalue weighted by Crippen LogP contribution is 2.29. The molecular weight excluding hydrogens is 456 g/mol. The average Bonchev–Trinajstić information content (AvgIpc) is 3.37. The van der Waals surface area contributed by atoms with Crippen LogP contribution in [0.4, 0.5) is 5.69 Å². The molecule has 3 aromatic carbocycles. The van der Waals surface area contributed by atoms with Crippen LogP contribution in [0.3, 0.4) is 0 Å².